The molecule has 0 aliphatic rings. The van der Waals surface area contributed by atoms with E-state index < -0.39 is 5.54 Å². The van der Waals surface area contributed by atoms with E-state index >= 15 is 0 Å². The molecular formula is C16H15NO2S. The van der Waals surface area contributed by atoms with Crippen LogP contribution in [0.3, 0.4) is 0 Å². The fourth-order valence-electron chi connectivity index (χ4n) is 2.37. The molecule has 4 heteroatoms. The molecular weight excluding hydrogens is 270 g/mol. The average Bonchev–Trinajstić information content (AvgIpc) is 2.85. The van der Waals surface area contributed by atoms with E-state index in [1.807, 2.05) is 61.5 Å². The molecule has 0 spiro atoms. The van der Waals surface area contributed by atoms with Crippen molar-refractivity contribution in [1.82, 2.24) is 3.96 Å². The highest BCUT2D eigenvalue weighted by atomic mass is 32.1. The monoisotopic (exact) mass is 285 g/mol. The van der Waals surface area contributed by atoms with Gasteiger partial charge in [0.25, 0.3) is 5.56 Å². The molecule has 3 rings (SSSR count). The zero-order valence-electron chi connectivity index (χ0n) is 11.1. The van der Waals surface area contributed by atoms with Gasteiger partial charge in [-0.25, -0.2) is 0 Å². The standard InChI is InChI=1S/C16H15NO2S/c1-16(11-18,12-7-3-2-4-8-12)17-15(19)13-9-5-6-10-14(13)20-17/h2-10,18H,11H2,1H3. The van der Waals surface area contributed by atoms with Crippen LogP contribution in [0.5, 0.6) is 0 Å². The number of benzene rings is 2. The van der Waals surface area contributed by atoms with Gasteiger partial charge in [-0.2, -0.15) is 0 Å². The summed E-state index contributed by atoms with van der Waals surface area (Å²) in [5.74, 6) is 0. The van der Waals surface area contributed by atoms with Crippen molar-refractivity contribution >= 4 is 21.6 Å². The SMILES string of the molecule is CC(CO)(c1ccccc1)n1sc2ccccc2c1=O. The minimum absolute atomic E-state index is 0.0500. The van der Waals surface area contributed by atoms with Gasteiger partial charge in [0.15, 0.2) is 0 Å². The van der Waals surface area contributed by atoms with Crippen molar-refractivity contribution in [3.8, 4) is 0 Å². The molecule has 0 aliphatic carbocycles. The van der Waals surface area contributed by atoms with Gasteiger partial charge in [0, 0.05) is 0 Å². The van der Waals surface area contributed by atoms with Crippen molar-refractivity contribution in [3.63, 3.8) is 0 Å². The lowest BCUT2D eigenvalue weighted by molar-refractivity contribution is 0.188. The van der Waals surface area contributed by atoms with Crippen LogP contribution in [-0.2, 0) is 5.54 Å². The molecule has 2 aromatic carbocycles. The van der Waals surface area contributed by atoms with Crippen molar-refractivity contribution in [3.05, 3.63) is 70.5 Å². The first kappa shape index (κ1) is 13.1. The number of hydrogen-bond acceptors (Lipinski definition) is 3. The van der Waals surface area contributed by atoms with Crippen molar-refractivity contribution in [2.75, 3.05) is 6.61 Å². The van der Waals surface area contributed by atoms with E-state index in [2.05, 4.69) is 0 Å². The van der Waals surface area contributed by atoms with Gasteiger partial charge in [-0.15, -0.1) is 0 Å². The lowest BCUT2D eigenvalue weighted by Gasteiger charge is -2.28. The maximum Gasteiger partial charge on any atom is 0.269 e. The van der Waals surface area contributed by atoms with Gasteiger partial charge in [-0.3, -0.25) is 8.75 Å². The van der Waals surface area contributed by atoms with Crippen LogP contribution in [0.15, 0.2) is 59.4 Å². The van der Waals surface area contributed by atoms with Crippen molar-refractivity contribution < 1.29 is 5.11 Å². The largest absolute Gasteiger partial charge is 0.394 e. The lowest BCUT2D eigenvalue weighted by Crippen LogP contribution is -2.39. The number of nitrogens with zero attached hydrogens (tertiary/aromatic N) is 1. The molecule has 1 atom stereocenters. The van der Waals surface area contributed by atoms with E-state index in [4.69, 9.17) is 0 Å². The summed E-state index contributed by atoms with van der Waals surface area (Å²) < 4.78 is 2.61. The Bertz CT molecular complexity index is 791. The second-order valence-corrected chi connectivity index (χ2v) is 5.97. The fourth-order valence-corrected chi connectivity index (χ4v) is 3.50. The minimum Gasteiger partial charge on any atom is -0.394 e. The smallest absolute Gasteiger partial charge is 0.269 e. The molecule has 1 N–H and O–H groups in total. The van der Waals surface area contributed by atoms with E-state index in [-0.39, 0.29) is 12.2 Å². The molecule has 0 aliphatic heterocycles. The van der Waals surface area contributed by atoms with Gasteiger partial charge in [0.05, 0.1) is 16.7 Å². The Morgan fingerprint density at radius 2 is 1.75 bits per heavy atom. The Morgan fingerprint density at radius 3 is 2.40 bits per heavy atom. The highest BCUT2D eigenvalue weighted by Gasteiger charge is 2.31. The number of rotatable bonds is 3. The Morgan fingerprint density at radius 1 is 1.10 bits per heavy atom. The molecule has 1 heterocycles. The Labute approximate surface area is 120 Å². The molecule has 102 valence electrons. The minimum atomic E-state index is -0.734. The number of aliphatic hydroxyl groups is 1. The van der Waals surface area contributed by atoms with Crippen LogP contribution in [0.1, 0.15) is 12.5 Å². The number of aliphatic hydroxyl groups excluding tert-OH is 1. The zero-order chi connectivity index (χ0) is 14.2. The van der Waals surface area contributed by atoms with E-state index in [1.165, 1.54) is 11.5 Å². The van der Waals surface area contributed by atoms with Crippen LogP contribution in [0, 0.1) is 0 Å². The molecule has 0 radical (unpaired) electrons. The number of aromatic nitrogens is 1. The van der Waals surface area contributed by atoms with Crippen LogP contribution >= 0.6 is 11.5 Å². The summed E-state index contributed by atoms with van der Waals surface area (Å²) >= 11 is 1.39. The second-order valence-electron chi connectivity index (χ2n) is 4.98. The summed E-state index contributed by atoms with van der Waals surface area (Å²) in [5, 5.41) is 10.6. The third-order valence-electron chi connectivity index (χ3n) is 3.64. The molecule has 20 heavy (non-hydrogen) atoms. The van der Waals surface area contributed by atoms with Crippen LogP contribution in [0.4, 0.5) is 0 Å². The first-order valence-corrected chi connectivity index (χ1v) is 7.22. The van der Waals surface area contributed by atoms with Gasteiger partial charge >= 0.3 is 0 Å². The Kier molecular flexibility index (Phi) is 3.20. The number of fused-ring (bicyclic) bond motifs is 1. The van der Waals surface area contributed by atoms with Gasteiger partial charge in [-0.05, 0) is 24.6 Å². The normalized spacial score (nSPS) is 14.3. The first-order valence-electron chi connectivity index (χ1n) is 6.45. The van der Waals surface area contributed by atoms with E-state index in [9.17, 15) is 9.90 Å². The summed E-state index contributed by atoms with van der Waals surface area (Å²) in [6, 6.07) is 17.2. The van der Waals surface area contributed by atoms with Crippen LogP contribution in [-0.4, -0.2) is 15.7 Å². The van der Waals surface area contributed by atoms with Gasteiger partial charge in [0.2, 0.25) is 0 Å². The van der Waals surface area contributed by atoms with Crippen LogP contribution in [0.25, 0.3) is 10.1 Å². The molecule has 3 nitrogen and oxygen atoms in total. The maximum atomic E-state index is 12.6. The molecule has 1 aromatic heterocycles. The van der Waals surface area contributed by atoms with E-state index in [0.29, 0.717) is 5.39 Å². The van der Waals surface area contributed by atoms with E-state index in [1.54, 1.807) is 3.96 Å². The summed E-state index contributed by atoms with van der Waals surface area (Å²) in [6.07, 6.45) is 0. The van der Waals surface area contributed by atoms with Crippen molar-refractivity contribution in [2.45, 2.75) is 12.5 Å². The molecule has 3 aromatic rings. The fraction of sp³-hybridized carbons (Fsp3) is 0.188. The predicted molar refractivity (Wildman–Crippen MR) is 82.4 cm³/mol. The molecule has 0 amide bonds. The molecule has 0 fully saturated rings. The third kappa shape index (κ3) is 1.88. The topological polar surface area (TPSA) is 42.2 Å². The van der Waals surface area contributed by atoms with Gasteiger partial charge in [0.1, 0.15) is 5.54 Å². The van der Waals surface area contributed by atoms with Crippen LogP contribution < -0.4 is 5.56 Å². The van der Waals surface area contributed by atoms with Gasteiger partial charge < -0.3 is 5.11 Å². The summed E-state index contributed by atoms with van der Waals surface area (Å²) in [4.78, 5) is 12.6. The van der Waals surface area contributed by atoms with Crippen molar-refractivity contribution in [1.29, 1.82) is 0 Å². The lowest BCUT2D eigenvalue weighted by atomic mass is 9.93. The van der Waals surface area contributed by atoms with Crippen LogP contribution in [0.2, 0.25) is 0 Å². The first-order chi connectivity index (χ1) is 9.66. The van der Waals surface area contributed by atoms with Crippen molar-refractivity contribution in [2.24, 2.45) is 0 Å². The van der Waals surface area contributed by atoms with E-state index in [0.717, 1.165) is 10.3 Å². The maximum absolute atomic E-state index is 12.6. The Balaban J connectivity index is 2.27. The third-order valence-corrected chi connectivity index (χ3v) is 4.95. The number of hydrogen-bond donors (Lipinski definition) is 1. The summed E-state index contributed by atoms with van der Waals surface area (Å²) in [6.45, 7) is 1.77. The predicted octanol–water partition coefficient (Wildman–Crippen LogP) is 2.82. The highest BCUT2D eigenvalue weighted by Crippen LogP contribution is 2.29. The molecule has 1 unspecified atom stereocenters. The molecule has 0 saturated carbocycles. The Hall–Kier alpha value is -1.91. The summed E-state index contributed by atoms with van der Waals surface area (Å²) in [5.41, 5.74) is 0.143. The molecule has 0 saturated heterocycles. The van der Waals surface area contributed by atoms with Gasteiger partial charge in [-0.1, -0.05) is 54.0 Å². The summed E-state index contributed by atoms with van der Waals surface area (Å²) in [7, 11) is 0. The molecule has 0 bridgehead atoms. The highest BCUT2D eigenvalue weighted by molar-refractivity contribution is 7.13. The average molecular weight is 285 g/mol. The second kappa shape index (κ2) is 4.89. The quantitative estimate of drug-likeness (QED) is 0.804. The zero-order valence-corrected chi connectivity index (χ0v) is 11.9.